The minimum Gasteiger partial charge on any atom is -0.507 e. The van der Waals surface area contributed by atoms with Crippen molar-refractivity contribution in [2.45, 2.75) is 26.8 Å². The second-order valence-electron chi connectivity index (χ2n) is 8.20. The summed E-state index contributed by atoms with van der Waals surface area (Å²) in [7, 11) is 0. The van der Waals surface area contributed by atoms with Gasteiger partial charge < -0.3 is 14.9 Å². The van der Waals surface area contributed by atoms with Crippen LogP contribution in [0.5, 0.6) is 0 Å². The number of amides is 1. The number of carbonyl (C=O) groups is 2. The first-order valence-corrected chi connectivity index (χ1v) is 11.5. The van der Waals surface area contributed by atoms with E-state index >= 15 is 0 Å². The van der Waals surface area contributed by atoms with Crippen LogP contribution >= 0.6 is 0 Å². The molecule has 1 aliphatic heterocycles. The topological polar surface area (TPSA) is 91.6 Å². The molecule has 3 aromatic rings. The lowest BCUT2D eigenvalue weighted by atomic mass is 9.96. The van der Waals surface area contributed by atoms with E-state index in [-0.39, 0.29) is 11.3 Å². The zero-order valence-corrected chi connectivity index (χ0v) is 19.7. The Morgan fingerprint density at radius 3 is 2.44 bits per heavy atom. The second-order valence-corrected chi connectivity index (χ2v) is 8.20. The van der Waals surface area contributed by atoms with Crippen LogP contribution in [0.15, 0.2) is 66.6 Å². The minimum absolute atomic E-state index is 0.0632. The van der Waals surface area contributed by atoms with Gasteiger partial charge in [-0.25, -0.2) is 4.68 Å². The number of ketones is 1. The minimum atomic E-state index is -0.719. The van der Waals surface area contributed by atoms with Gasteiger partial charge in [0.2, 0.25) is 0 Å². The molecule has 1 amide bonds. The van der Waals surface area contributed by atoms with E-state index in [1.54, 1.807) is 28.0 Å². The van der Waals surface area contributed by atoms with Crippen molar-refractivity contribution in [3.63, 3.8) is 0 Å². The van der Waals surface area contributed by atoms with Crippen LogP contribution in [-0.2, 0) is 9.59 Å². The van der Waals surface area contributed by atoms with Gasteiger partial charge in [-0.1, -0.05) is 38.1 Å². The molecular weight excluding hydrogens is 430 g/mol. The summed E-state index contributed by atoms with van der Waals surface area (Å²) in [6.07, 6.45) is 4.80. The van der Waals surface area contributed by atoms with Gasteiger partial charge in [-0.2, -0.15) is 5.10 Å². The van der Waals surface area contributed by atoms with E-state index in [0.717, 1.165) is 18.8 Å². The molecular formula is C26H29N5O3. The van der Waals surface area contributed by atoms with Crippen molar-refractivity contribution in [3.8, 4) is 5.69 Å². The van der Waals surface area contributed by atoms with Gasteiger partial charge in [0.25, 0.3) is 11.7 Å². The summed E-state index contributed by atoms with van der Waals surface area (Å²) in [5.74, 6) is -1.54. The quantitative estimate of drug-likeness (QED) is 0.316. The molecule has 0 radical (unpaired) electrons. The molecule has 1 aliphatic rings. The van der Waals surface area contributed by atoms with Crippen molar-refractivity contribution in [1.29, 1.82) is 0 Å². The molecule has 8 heteroatoms. The highest BCUT2D eigenvalue weighted by Gasteiger charge is 2.46. The van der Waals surface area contributed by atoms with E-state index in [0.29, 0.717) is 29.9 Å². The van der Waals surface area contributed by atoms with E-state index in [9.17, 15) is 14.7 Å². The first kappa shape index (κ1) is 23.4. The van der Waals surface area contributed by atoms with Gasteiger partial charge in [-0.05, 0) is 43.8 Å². The fourth-order valence-corrected chi connectivity index (χ4v) is 4.40. The van der Waals surface area contributed by atoms with E-state index in [1.807, 2.05) is 43.3 Å². The molecule has 1 fully saturated rings. The molecule has 1 unspecified atom stereocenters. The molecule has 1 saturated heterocycles. The number of carbonyl (C=O) groups excluding carboxylic acids is 2. The number of hydrogen-bond donors (Lipinski definition) is 1. The van der Waals surface area contributed by atoms with Crippen molar-refractivity contribution >= 4 is 17.4 Å². The summed E-state index contributed by atoms with van der Waals surface area (Å²) in [5, 5.41) is 15.8. The number of aliphatic hydroxyl groups excluding tert-OH is 1. The largest absolute Gasteiger partial charge is 0.507 e. The maximum atomic E-state index is 13.2. The van der Waals surface area contributed by atoms with Crippen LogP contribution in [0.1, 0.15) is 36.7 Å². The smallest absolute Gasteiger partial charge is 0.295 e. The Kier molecular flexibility index (Phi) is 6.88. The van der Waals surface area contributed by atoms with Crippen LogP contribution in [0, 0.1) is 6.92 Å². The number of Topliss-reactive ketones (excluding diaryl/α,β-unsaturated/α-hetero) is 1. The van der Waals surface area contributed by atoms with Crippen LogP contribution in [0.2, 0.25) is 0 Å². The number of para-hydroxylation sites is 1. The van der Waals surface area contributed by atoms with Gasteiger partial charge in [0.15, 0.2) is 0 Å². The van der Waals surface area contributed by atoms with Crippen molar-refractivity contribution in [2.75, 3.05) is 26.2 Å². The van der Waals surface area contributed by atoms with Crippen molar-refractivity contribution in [2.24, 2.45) is 0 Å². The molecule has 1 N–H and O–H groups in total. The van der Waals surface area contributed by atoms with E-state index in [2.05, 4.69) is 28.8 Å². The van der Waals surface area contributed by atoms with Gasteiger partial charge in [0.1, 0.15) is 5.76 Å². The van der Waals surface area contributed by atoms with Crippen molar-refractivity contribution in [1.82, 2.24) is 24.6 Å². The third-order valence-electron chi connectivity index (χ3n) is 6.36. The number of rotatable bonds is 8. The molecule has 0 saturated carbocycles. The fourth-order valence-electron chi connectivity index (χ4n) is 4.40. The molecule has 34 heavy (non-hydrogen) atoms. The summed E-state index contributed by atoms with van der Waals surface area (Å²) in [4.78, 5) is 34.2. The highest BCUT2D eigenvalue weighted by Crippen LogP contribution is 2.39. The van der Waals surface area contributed by atoms with Gasteiger partial charge in [0.05, 0.1) is 34.8 Å². The van der Waals surface area contributed by atoms with Crippen molar-refractivity contribution < 1.29 is 14.7 Å². The number of pyridine rings is 1. The normalized spacial score (nSPS) is 17.6. The van der Waals surface area contributed by atoms with E-state index in [4.69, 9.17) is 0 Å². The number of benzene rings is 1. The standard InChI is InChI=1S/C26H29N5O3/c1-4-29(5-2)14-15-30-23(19-10-9-13-27-16-19)22(25(33)26(30)34)24(32)21-17-28-31(18(21)3)20-11-7-6-8-12-20/h6-13,16-17,23,32H,4-5,14-15H2,1-3H3/b24-22+. The Balaban J connectivity index is 1.79. The molecule has 1 atom stereocenters. The number of aliphatic hydroxyl groups is 1. The van der Waals surface area contributed by atoms with Gasteiger partial charge in [-0.3, -0.25) is 14.6 Å². The van der Waals surface area contributed by atoms with Crippen LogP contribution in [0.4, 0.5) is 0 Å². The molecule has 8 nitrogen and oxygen atoms in total. The predicted molar refractivity (Wildman–Crippen MR) is 129 cm³/mol. The van der Waals surface area contributed by atoms with Gasteiger partial charge in [-0.15, -0.1) is 0 Å². The Labute approximate surface area is 199 Å². The Morgan fingerprint density at radius 2 is 1.79 bits per heavy atom. The zero-order valence-electron chi connectivity index (χ0n) is 19.7. The first-order chi connectivity index (χ1) is 16.5. The Bertz CT molecular complexity index is 1200. The lowest BCUT2D eigenvalue weighted by molar-refractivity contribution is -0.140. The molecule has 4 rings (SSSR count). The van der Waals surface area contributed by atoms with Gasteiger partial charge in [0, 0.05) is 25.5 Å². The lowest BCUT2D eigenvalue weighted by Gasteiger charge is -2.28. The maximum absolute atomic E-state index is 13.2. The monoisotopic (exact) mass is 459 g/mol. The molecule has 0 spiro atoms. The molecule has 0 bridgehead atoms. The average molecular weight is 460 g/mol. The summed E-state index contributed by atoms with van der Waals surface area (Å²) in [5.41, 5.74) is 2.66. The third kappa shape index (κ3) is 4.24. The Morgan fingerprint density at radius 1 is 1.06 bits per heavy atom. The zero-order chi connectivity index (χ0) is 24.2. The Hall–Kier alpha value is -3.78. The van der Waals surface area contributed by atoms with E-state index < -0.39 is 17.7 Å². The maximum Gasteiger partial charge on any atom is 0.295 e. The molecule has 2 aromatic heterocycles. The van der Waals surface area contributed by atoms with Crippen LogP contribution < -0.4 is 0 Å². The summed E-state index contributed by atoms with van der Waals surface area (Å²) < 4.78 is 1.70. The van der Waals surface area contributed by atoms with Crippen molar-refractivity contribution in [3.05, 3.63) is 83.4 Å². The summed E-state index contributed by atoms with van der Waals surface area (Å²) in [6.45, 7) is 8.62. The summed E-state index contributed by atoms with van der Waals surface area (Å²) >= 11 is 0. The predicted octanol–water partition coefficient (Wildman–Crippen LogP) is 3.34. The number of likely N-dealkylation sites (tertiary alicyclic amines) is 1. The lowest BCUT2D eigenvalue weighted by Crippen LogP contribution is -2.38. The number of likely N-dealkylation sites (N-methyl/N-ethyl adjacent to an activating group) is 1. The molecule has 176 valence electrons. The molecule has 3 heterocycles. The highest BCUT2D eigenvalue weighted by atomic mass is 16.3. The van der Waals surface area contributed by atoms with Gasteiger partial charge >= 0.3 is 0 Å². The number of aromatic nitrogens is 3. The van der Waals surface area contributed by atoms with Crippen LogP contribution in [0.25, 0.3) is 11.4 Å². The van der Waals surface area contributed by atoms with E-state index in [1.165, 1.54) is 6.20 Å². The molecule has 1 aromatic carbocycles. The van der Waals surface area contributed by atoms with Crippen LogP contribution in [0.3, 0.4) is 0 Å². The van der Waals surface area contributed by atoms with Crippen LogP contribution in [-0.4, -0.2) is 67.5 Å². The first-order valence-electron chi connectivity index (χ1n) is 11.5. The second kappa shape index (κ2) is 10.0. The SMILES string of the molecule is CCN(CC)CCN1C(=O)C(=O)/C(=C(/O)c2cnn(-c3ccccc3)c2C)C1c1cccnc1. The number of nitrogens with zero attached hydrogens (tertiary/aromatic N) is 5. The third-order valence-corrected chi connectivity index (χ3v) is 6.36. The highest BCUT2D eigenvalue weighted by molar-refractivity contribution is 6.46. The summed E-state index contributed by atoms with van der Waals surface area (Å²) in [6, 6.07) is 12.4. The molecule has 0 aliphatic carbocycles. The fraction of sp³-hybridized carbons (Fsp3) is 0.308. The average Bonchev–Trinajstić information content (AvgIpc) is 3.38. The number of hydrogen-bond acceptors (Lipinski definition) is 6.